The fourth-order valence-corrected chi connectivity index (χ4v) is 2.64. The highest BCUT2D eigenvalue weighted by atomic mass is 79.9. The monoisotopic (exact) mass is 367 g/mol. The van der Waals surface area contributed by atoms with Crippen LogP contribution in [0.2, 0.25) is 5.02 Å². The molecular formula is C15H11BrClNO3. The van der Waals surface area contributed by atoms with Crippen LogP contribution in [0.25, 0.3) is 0 Å². The van der Waals surface area contributed by atoms with E-state index in [4.69, 9.17) is 16.7 Å². The standard InChI is InChI=1S/C15H11BrClNO3/c1-8-4-9(6-10(16)5-8)14(19)18-11-2-3-13(17)12(7-11)15(20)21/h2-7H,1H3,(H,18,19)(H,20,21). The summed E-state index contributed by atoms with van der Waals surface area (Å²) in [5.41, 5.74) is 1.74. The topological polar surface area (TPSA) is 66.4 Å². The zero-order chi connectivity index (χ0) is 15.6. The maximum Gasteiger partial charge on any atom is 0.337 e. The van der Waals surface area contributed by atoms with Crippen LogP contribution in [0, 0.1) is 6.92 Å². The quantitative estimate of drug-likeness (QED) is 0.846. The first-order valence-corrected chi connectivity index (χ1v) is 7.15. The first kappa shape index (κ1) is 15.5. The van der Waals surface area contributed by atoms with E-state index in [0.29, 0.717) is 11.3 Å². The predicted molar refractivity (Wildman–Crippen MR) is 85.2 cm³/mol. The average Bonchev–Trinajstić information content (AvgIpc) is 2.39. The van der Waals surface area contributed by atoms with Gasteiger partial charge in [-0.3, -0.25) is 4.79 Å². The molecule has 0 aliphatic heterocycles. The minimum Gasteiger partial charge on any atom is -0.478 e. The maximum atomic E-state index is 12.2. The number of hydrogen-bond acceptors (Lipinski definition) is 2. The number of carbonyl (C=O) groups excluding carboxylic acids is 1. The van der Waals surface area contributed by atoms with Crippen molar-refractivity contribution in [3.05, 3.63) is 62.6 Å². The van der Waals surface area contributed by atoms with Crippen LogP contribution in [0.15, 0.2) is 40.9 Å². The number of amides is 1. The molecule has 0 spiro atoms. The van der Waals surface area contributed by atoms with Crippen molar-refractivity contribution in [1.29, 1.82) is 0 Å². The molecule has 2 aromatic carbocycles. The first-order valence-electron chi connectivity index (χ1n) is 5.98. The van der Waals surface area contributed by atoms with Crippen LogP contribution in [0.3, 0.4) is 0 Å². The molecular weight excluding hydrogens is 358 g/mol. The molecule has 21 heavy (non-hydrogen) atoms. The van der Waals surface area contributed by atoms with Crippen LogP contribution in [0.1, 0.15) is 26.3 Å². The van der Waals surface area contributed by atoms with Crippen molar-refractivity contribution < 1.29 is 14.7 Å². The molecule has 0 radical (unpaired) electrons. The van der Waals surface area contributed by atoms with Gasteiger partial charge < -0.3 is 10.4 Å². The van der Waals surface area contributed by atoms with Crippen molar-refractivity contribution in [2.24, 2.45) is 0 Å². The largest absolute Gasteiger partial charge is 0.478 e. The van der Waals surface area contributed by atoms with Crippen LogP contribution in [-0.2, 0) is 0 Å². The third-order valence-electron chi connectivity index (χ3n) is 2.76. The van der Waals surface area contributed by atoms with Crippen LogP contribution in [0.4, 0.5) is 5.69 Å². The lowest BCUT2D eigenvalue weighted by molar-refractivity contribution is 0.0696. The Morgan fingerprint density at radius 2 is 1.90 bits per heavy atom. The van der Waals surface area contributed by atoms with Gasteiger partial charge in [-0.1, -0.05) is 27.5 Å². The van der Waals surface area contributed by atoms with Crippen molar-refractivity contribution in [1.82, 2.24) is 0 Å². The summed E-state index contributed by atoms with van der Waals surface area (Å²) >= 11 is 9.12. The molecule has 2 aromatic rings. The number of anilines is 1. The van der Waals surface area contributed by atoms with Crippen molar-refractivity contribution in [2.45, 2.75) is 6.92 Å². The van der Waals surface area contributed by atoms with Crippen LogP contribution >= 0.6 is 27.5 Å². The molecule has 0 saturated carbocycles. The van der Waals surface area contributed by atoms with Crippen LogP contribution in [-0.4, -0.2) is 17.0 Å². The molecule has 108 valence electrons. The average molecular weight is 369 g/mol. The van der Waals surface area contributed by atoms with Gasteiger partial charge in [0.05, 0.1) is 10.6 Å². The Balaban J connectivity index is 2.27. The van der Waals surface area contributed by atoms with E-state index in [-0.39, 0.29) is 16.5 Å². The molecule has 0 fully saturated rings. The Labute approximate surface area is 134 Å². The fourth-order valence-electron chi connectivity index (χ4n) is 1.84. The van der Waals surface area contributed by atoms with Gasteiger partial charge in [-0.05, 0) is 48.9 Å². The van der Waals surface area contributed by atoms with Gasteiger partial charge in [0, 0.05) is 15.7 Å². The van der Waals surface area contributed by atoms with Crippen LogP contribution in [0.5, 0.6) is 0 Å². The molecule has 0 aliphatic carbocycles. The number of carboxylic acid groups (broad SMARTS) is 1. The van der Waals surface area contributed by atoms with Gasteiger partial charge in [0.25, 0.3) is 5.91 Å². The second kappa shape index (κ2) is 6.28. The molecule has 0 aliphatic rings. The van der Waals surface area contributed by atoms with E-state index in [0.717, 1.165) is 10.0 Å². The summed E-state index contributed by atoms with van der Waals surface area (Å²) in [6.45, 7) is 1.88. The highest BCUT2D eigenvalue weighted by Crippen LogP contribution is 2.22. The molecule has 1 amide bonds. The number of halogens is 2. The van der Waals surface area contributed by atoms with E-state index in [1.807, 2.05) is 13.0 Å². The lowest BCUT2D eigenvalue weighted by Gasteiger charge is -2.08. The van der Waals surface area contributed by atoms with E-state index >= 15 is 0 Å². The number of nitrogens with one attached hydrogen (secondary N) is 1. The van der Waals surface area contributed by atoms with Gasteiger partial charge in [-0.2, -0.15) is 0 Å². The second-order valence-corrected chi connectivity index (χ2v) is 5.79. The molecule has 0 saturated heterocycles. The van der Waals surface area contributed by atoms with E-state index in [2.05, 4.69) is 21.2 Å². The Bertz CT molecular complexity index is 711. The summed E-state index contributed by atoms with van der Waals surface area (Å²) in [6.07, 6.45) is 0. The number of aromatic carboxylic acids is 1. The number of hydrogen-bond donors (Lipinski definition) is 2. The molecule has 0 atom stereocenters. The zero-order valence-corrected chi connectivity index (χ0v) is 13.3. The molecule has 2 N–H and O–H groups in total. The molecule has 0 heterocycles. The lowest BCUT2D eigenvalue weighted by Crippen LogP contribution is -2.12. The van der Waals surface area contributed by atoms with Gasteiger partial charge in [0.15, 0.2) is 0 Å². The third-order valence-corrected chi connectivity index (χ3v) is 3.55. The van der Waals surface area contributed by atoms with Crippen molar-refractivity contribution in [3.63, 3.8) is 0 Å². The summed E-state index contributed by atoms with van der Waals surface area (Å²) in [7, 11) is 0. The molecule has 4 nitrogen and oxygen atoms in total. The Morgan fingerprint density at radius 3 is 2.52 bits per heavy atom. The molecule has 0 aromatic heterocycles. The molecule has 0 bridgehead atoms. The predicted octanol–water partition coefficient (Wildman–Crippen LogP) is 4.36. The van der Waals surface area contributed by atoms with Crippen molar-refractivity contribution in [2.75, 3.05) is 5.32 Å². The van der Waals surface area contributed by atoms with E-state index < -0.39 is 5.97 Å². The normalized spacial score (nSPS) is 10.2. The third kappa shape index (κ3) is 3.83. The fraction of sp³-hybridized carbons (Fsp3) is 0.0667. The summed E-state index contributed by atoms with van der Waals surface area (Å²) in [5.74, 6) is -1.47. The Kier molecular flexibility index (Phi) is 4.65. The first-order chi connectivity index (χ1) is 9.86. The van der Waals surface area contributed by atoms with E-state index in [9.17, 15) is 9.59 Å². The number of carboxylic acids is 1. The van der Waals surface area contributed by atoms with Crippen molar-refractivity contribution >= 4 is 45.1 Å². The van der Waals surface area contributed by atoms with E-state index in [1.54, 1.807) is 18.2 Å². The number of carbonyl (C=O) groups is 2. The maximum absolute atomic E-state index is 12.2. The minimum atomic E-state index is -1.14. The molecule has 0 unspecified atom stereocenters. The zero-order valence-electron chi connectivity index (χ0n) is 11.0. The minimum absolute atomic E-state index is 0.0557. The second-order valence-electron chi connectivity index (χ2n) is 4.47. The van der Waals surface area contributed by atoms with Gasteiger partial charge in [-0.15, -0.1) is 0 Å². The Morgan fingerprint density at radius 1 is 1.19 bits per heavy atom. The SMILES string of the molecule is Cc1cc(Br)cc(C(=O)Nc2ccc(Cl)c(C(=O)O)c2)c1. The summed E-state index contributed by atoms with van der Waals surface area (Å²) < 4.78 is 0.801. The van der Waals surface area contributed by atoms with E-state index in [1.165, 1.54) is 12.1 Å². The molecule has 6 heteroatoms. The highest BCUT2D eigenvalue weighted by Gasteiger charge is 2.12. The van der Waals surface area contributed by atoms with Gasteiger partial charge in [0.1, 0.15) is 0 Å². The van der Waals surface area contributed by atoms with Crippen LogP contribution < -0.4 is 5.32 Å². The van der Waals surface area contributed by atoms with Gasteiger partial charge >= 0.3 is 5.97 Å². The summed E-state index contributed by atoms with van der Waals surface area (Å²) in [6, 6.07) is 9.64. The smallest absolute Gasteiger partial charge is 0.337 e. The number of aryl methyl sites for hydroxylation is 1. The van der Waals surface area contributed by atoms with Gasteiger partial charge in [0.2, 0.25) is 0 Å². The van der Waals surface area contributed by atoms with Crippen molar-refractivity contribution in [3.8, 4) is 0 Å². The summed E-state index contributed by atoms with van der Waals surface area (Å²) in [4.78, 5) is 23.2. The summed E-state index contributed by atoms with van der Waals surface area (Å²) in [5, 5.41) is 11.8. The van der Waals surface area contributed by atoms with Gasteiger partial charge in [-0.25, -0.2) is 4.79 Å². The number of rotatable bonds is 3. The lowest BCUT2D eigenvalue weighted by atomic mass is 10.1. The molecule has 2 rings (SSSR count). The Hall–Kier alpha value is -1.85. The highest BCUT2D eigenvalue weighted by molar-refractivity contribution is 9.10. The number of benzene rings is 2.